The SMILES string of the molecule is CCOCCC(=O)N1CCN(c2ncccc2C(N)=O)CC1. The van der Waals surface area contributed by atoms with Crippen LogP contribution in [-0.4, -0.2) is 61.1 Å². The molecule has 1 fully saturated rings. The molecule has 1 aromatic heterocycles. The number of piperazine rings is 1. The highest BCUT2D eigenvalue weighted by Gasteiger charge is 2.24. The van der Waals surface area contributed by atoms with E-state index in [-0.39, 0.29) is 5.91 Å². The van der Waals surface area contributed by atoms with Crippen LogP contribution in [-0.2, 0) is 9.53 Å². The zero-order chi connectivity index (χ0) is 15.9. The second-order valence-electron chi connectivity index (χ2n) is 5.05. The van der Waals surface area contributed by atoms with Gasteiger partial charge in [0.15, 0.2) is 0 Å². The number of nitrogens with two attached hydrogens (primary N) is 1. The fourth-order valence-corrected chi connectivity index (χ4v) is 2.47. The minimum absolute atomic E-state index is 0.101. The second kappa shape index (κ2) is 7.74. The Morgan fingerprint density at radius 1 is 1.32 bits per heavy atom. The van der Waals surface area contributed by atoms with Gasteiger partial charge < -0.3 is 20.3 Å². The van der Waals surface area contributed by atoms with Crippen molar-refractivity contribution in [3.05, 3.63) is 23.9 Å². The highest BCUT2D eigenvalue weighted by Crippen LogP contribution is 2.18. The van der Waals surface area contributed by atoms with Crippen molar-refractivity contribution in [1.29, 1.82) is 0 Å². The summed E-state index contributed by atoms with van der Waals surface area (Å²) in [4.78, 5) is 31.6. The first-order chi connectivity index (χ1) is 10.6. The molecule has 0 bridgehead atoms. The maximum atomic E-state index is 12.0. The van der Waals surface area contributed by atoms with Gasteiger partial charge in [0.25, 0.3) is 5.91 Å². The summed E-state index contributed by atoms with van der Waals surface area (Å²) < 4.78 is 5.21. The molecule has 1 aliphatic heterocycles. The van der Waals surface area contributed by atoms with E-state index in [1.807, 2.05) is 16.7 Å². The molecule has 0 radical (unpaired) electrons. The number of ether oxygens (including phenoxy) is 1. The molecule has 2 amide bonds. The number of anilines is 1. The lowest BCUT2D eigenvalue weighted by Gasteiger charge is -2.36. The lowest BCUT2D eigenvalue weighted by Crippen LogP contribution is -2.49. The third kappa shape index (κ3) is 3.94. The van der Waals surface area contributed by atoms with Crippen LogP contribution < -0.4 is 10.6 Å². The maximum Gasteiger partial charge on any atom is 0.252 e. The van der Waals surface area contributed by atoms with Crippen LogP contribution in [0.25, 0.3) is 0 Å². The molecule has 0 aliphatic carbocycles. The first-order valence-corrected chi connectivity index (χ1v) is 7.48. The lowest BCUT2D eigenvalue weighted by molar-refractivity contribution is -0.132. The molecule has 0 unspecified atom stereocenters. The normalized spacial score (nSPS) is 15.0. The Kier molecular flexibility index (Phi) is 5.71. The summed E-state index contributed by atoms with van der Waals surface area (Å²) in [6.45, 7) is 5.49. The molecular weight excluding hydrogens is 284 g/mol. The van der Waals surface area contributed by atoms with E-state index in [0.717, 1.165) is 0 Å². The summed E-state index contributed by atoms with van der Waals surface area (Å²) in [5, 5.41) is 0. The molecule has 0 aromatic carbocycles. The smallest absolute Gasteiger partial charge is 0.252 e. The zero-order valence-electron chi connectivity index (χ0n) is 12.8. The largest absolute Gasteiger partial charge is 0.381 e. The number of nitrogens with zero attached hydrogens (tertiary/aromatic N) is 3. The van der Waals surface area contributed by atoms with Crippen LogP contribution in [0.5, 0.6) is 0 Å². The van der Waals surface area contributed by atoms with Crippen molar-refractivity contribution in [3.63, 3.8) is 0 Å². The molecule has 1 saturated heterocycles. The Labute approximate surface area is 130 Å². The van der Waals surface area contributed by atoms with E-state index in [2.05, 4.69) is 4.98 Å². The number of hydrogen-bond donors (Lipinski definition) is 1. The van der Waals surface area contributed by atoms with E-state index in [9.17, 15) is 9.59 Å². The van der Waals surface area contributed by atoms with E-state index >= 15 is 0 Å². The van der Waals surface area contributed by atoms with E-state index in [4.69, 9.17) is 10.5 Å². The average molecular weight is 306 g/mol. The van der Waals surface area contributed by atoms with Crippen LogP contribution in [0, 0.1) is 0 Å². The quantitative estimate of drug-likeness (QED) is 0.761. The summed E-state index contributed by atoms with van der Waals surface area (Å²) in [6, 6.07) is 3.36. The van der Waals surface area contributed by atoms with Gasteiger partial charge in [-0.15, -0.1) is 0 Å². The predicted octanol–water partition coefficient (Wildman–Crippen LogP) is 0.256. The predicted molar refractivity (Wildman–Crippen MR) is 82.7 cm³/mol. The van der Waals surface area contributed by atoms with Gasteiger partial charge in [-0.2, -0.15) is 0 Å². The number of hydrogen-bond acceptors (Lipinski definition) is 5. The van der Waals surface area contributed by atoms with Crippen molar-refractivity contribution in [3.8, 4) is 0 Å². The van der Waals surface area contributed by atoms with E-state index < -0.39 is 5.91 Å². The van der Waals surface area contributed by atoms with Gasteiger partial charge in [0.1, 0.15) is 5.82 Å². The molecule has 2 N–H and O–H groups in total. The number of aromatic nitrogens is 1. The number of primary amides is 1. The highest BCUT2D eigenvalue weighted by molar-refractivity contribution is 5.97. The third-order valence-corrected chi connectivity index (χ3v) is 3.65. The first kappa shape index (κ1) is 16.2. The summed E-state index contributed by atoms with van der Waals surface area (Å²) in [5.41, 5.74) is 5.80. The summed E-state index contributed by atoms with van der Waals surface area (Å²) >= 11 is 0. The molecule has 7 nitrogen and oxygen atoms in total. The van der Waals surface area contributed by atoms with E-state index in [1.54, 1.807) is 18.3 Å². The van der Waals surface area contributed by atoms with Crippen LogP contribution in [0.1, 0.15) is 23.7 Å². The Balaban J connectivity index is 1.92. The van der Waals surface area contributed by atoms with Gasteiger partial charge in [0.2, 0.25) is 5.91 Å². The standard InChI is InChI=1S/C15H22N4O3/c1-2-22-11-5-13(20)18-7-9-19(10-8-18)15-12(14(16)21)4-3-6-17-15/h3-4,6H,2,5,7-11H2,1H3,(H2,16,21). The Bertz CT molecular complexity index is 527. The minimum atomic E-state index is -0.488. The molecule has 1 aromatic rings. The molecule has 2 heterocycles. The van der Waals surface area contributed by atoms with Gasteiger partial charge in [0, 0.05) is 39.0 Å². The number of amides is 2. The highest BCUT2D eigenvalue weighted by atomic mass is 16.5. The van der Waals surface area contributed by atoms with Crippen LogP contribution in [0.4, 0.5) is 5.82 Å². The maximum absolute atomic E-state index is 12.0. The Morgan fingerprint density at radius 2 is 2.05 bits per heavy atom. The first-order valence-electron chi connectivity index (χ1n) is 7.48. The van der Waals surface area contributed by atoms with Crippen molar-refractivity contribution in [2.24, 2.45) is 5.73 Å². The molecule has 2 rings (SSSR count). The number of pyridine rings is 1. The molecule has 0 spiro atoms. The Hall–Kier alpha value is -2.15. The van der Waals surface area contributed by atoms with Gasteiger partial charge in [-0.05, 0) is 19.1 Å². The summed E-state index contributed by atoms with van der Waals surface area (Å²) in [6.07, 6.45) is 2.05. The van der Waals surface area contributed by atoms with Crippen molar-refractivity contribution >= 4 is 17.6 Å². The monoisotopic (exact) mass is 306 g/mol. The van der Waals surface area contributed by atoms with Gasteiger partial charge in [-0.3, -0.25) is 9.59 Å². The van der Waals surface area contributed by atoms with Crippen LogP contribution in [0.15, 0.2) is 18.3 Å². The van der Waals surface area contributed by atoms with Gasteiger partial charge in [-0.1, -0.05) is 0 Å². The molecule has 7 heteroatoms. The van der Waals surface area contributed by atoms with Gasteiger partial charge in [-0.25, -0.2) is 4.98 Å². The number of carbonyl (C=O) groups excluding carboxylic acids is 2. The molecule has 0 saturated carbocycles. The summed E-state index contributed by atoms with van der Waals surface area (Å²) in [5.74, 6) is 0.207. The molecular formula is C15H22N4O3. The van der Waals surface area contributed by atoms with Crippen molar-refractivity contribution in [2.75, 3.05) is 44.3 Å². The molecule has 120 valence electrons. The summed E-state index contributed by atoms with van der Waals surface area (Å²) in [7, 11) is 0. The van der Waals surface area contributed by atoms with Crippen molar-refractivity contribution in [2.45, 2.75) is 13.3 Å². The fraction of sp³-hybridized carbons (Fsp3) is 0.533. The van der Waals surface area contributed by atoms with Crippen LogP contribution in [0.3, 0.4) is 0 Å². The zero-order valence-corrected chi connectivity index (χ0v) is 12.8. The minimum Gasteiger partial charge on any atom is -0.381 e. The Morgan fingerprint density at radius 3 is 2.68 bits per heavy atom. The van der Waals surface area contributed by atoms with Gasteiger partial charge >= 0.3 is 0 Å². The van der Waals surface area contributed by atoms with Crippen molar-refractivity contribution < 1.29 is 14.3 Å². The topological polar surface area (TPSA) is 88.8 Å². The second-order valence-corrected chi connectivity index (χ2v) is 5.05. The lowest BCUT2D eigenvalue weighted by atomic mass is 10.2. The van der Waals surface area contributed by atoms with Crippen molar-refractivity contribution in [1.82, 2.24) is 9.88 Å². The third-order valence-electron chi connectivity index (χ3n) is 3.65. The van der Waals surface area contributed by atoms with E-state index in [1.165, 1.54) is 0 Å². The fourth-order valence-electron chi connectivity index (χ4n) is 2.47. The van der Waals surface area contributed by atoms with Crippen LogP contribution in [0.2, 0.25) is 0 Å². The van der Waals surface area contributed by atoms with E-state index in [0.29, 0.717) is 57.2 Å². The van der Waals surface area contributed by atoms with Gasteiger partial charge in [0.05, 0.1) is 18.6 Å². The molecule has 1 aliphatic rings. The number of rotatable bonds is 6. The van der Waals surface area contributed by atoms with Crippen LogP contribution >= 0.6 is 0 Å². The molecule has 22 heavy (non-hydrogen) atoms. The molecule has 0 atom stereocenters. The average Bonchev–Trinajstić information content (AvgIpc) is 2.55. The number of carbonyl (C=O) groups is 2.